The summed E-state index contributed by atoms with van der Waals surface area (Å²) in [5.41, 5.74) is 8.06. The fourth-order valence-corrected chi connectivity index (χ4v) is 2.93. The van der Waals surface area contributed by atoms with Crippen molar-refractivity contribution in [1.82, 2.24) is 5.32 Å². The molecule has 1 amide bonds. The number of anilines is 1. The molecule has 0 bridgehead atoms. The molecule has 4 nitrogen and oxygen atoms in total. The average molecular weight is 383 g/mol. The number of nitrogens with zero attached hydrogens (tertiary/aromatic N) is 1. The van der Waals surface area contributed by atoms with Crippen molar-refractivity contribution in [2.75, 3.05) is 24.5 Å². The standard InChI is InChI=1S/C16H24ClN3O.2ClH/c1-11-3-4-14(17)8-15(11)20-6-5-13(10-20)9-19-16(21)7-12(2)18;;/h3-4,8,12-13H,5-7,9-10,18H2,1-2H3,(H,19,21);2*1H. The molecule has 0 aliphatic carbocycles. The van der Waals surface area contributed by atoms with E-state index in [2.05, 4.69) is 23.2 Å². The fraction of sp³-hybridized carbons (Fsp3) is 0.562. The van der Waals surface area contributed by atoms with Gasteiger partial charge in [-0.15, -0.1) is 24.8 Å². The van der Waals surface area contributed by atoms with Crippen molar-refractivity contribution >= 4 is 48.0 Å². The lowest BCUT2D eigenvalue weighted by Gasteiger charge is -2.21. The molecule has 3 N–H and O–H groups in total. The summed E-state index contributed by atoms with van der Waals surface area (Å²) in [5.74, 6) is 0.530. The third-order valence-electron chi connectivity index (χ3n) is 3.89. The first-order chi connectivity index (χ1) is 9.95. The Hall–Kier alpha value is -0.680. The Morgan fingerprint density at radius 3 is 2.83 bits per heavy atom. The van der Waals surface area contributed by atoms with Gasteiger partial charge in [-0.2, -0.15) is 0 Å². The Morgan fingerprint density at radius 2 is 2.17 bits per heavy atom. The maximum absolute atomic E-state index is 11.6. The van der Waals surface area contributed by atoms with Crippen LogP contribution in [-0.4, -0.2) is 31.6 Å². The number of hydrogen-bond donors (Lipinski definition) is 2. The molecule has 2 unspecified atom stereocenters. The molecule has 2 atom stereocenters. The van der Waals surface area contributed by atoms with Crippen LogP contribution in [0.4, 0.5) is 5.69 Å². The summed E-state index contributed by atoms with van der Waals surface area (Å²) in [6.07, 6.45) is 1.48. The first kappa shape index (κ1) is 22.3. The molecule has 2 rings (SSSR count). The molecule has 1 aliphatic heterocycles. The molecule has 1 aliphatic rings. The zero-order valence-electron chi connectivity index (χ0n) is 13.5. The molecule has 132 valence electrons. The monoisotopic (exact) mass is 381 g/mol. The molecule has 1 saturated heterocycles. The van der Waals surface area contributed by atoms with Gasteiger partial charge < -0.3 is 16.0 Å². The molecule has 0 aromatic heterocycles. The predicted molar refractivity (Wildman–Crippen MR) is 102 cm³/mol. The van der Waals surface area contributed by atoms with Crippen LogP contribution >= 0.6 is 36.4 Å². The molecule has 0 saturated carbocycles. The lowest BCUT2D eigenvalue weighted by molar-refractivity contribution is -0.121. The zero-order chi connectivity index (χ0) is 15.4. The van der Waals surface area contributed by atoms with E-state index in [1.54, 1.807) is 0 Å². The number of aryl methyl sites for hydroxylation is 1. The normalized spacial score (nSPS) is 17.9. The van der Waals surface area contributed by atoms with Gasteiger partial charge in [-0.1, -0.05) is 17.7 Å². The second kappa shape index (κ2) is 10.2. The number of amides is 1. The quantitative estimate of drug-likeness (QED) is 0.822. The number of halogens is 3. The number of rotatable bonds is 5. The van der Waals surface area contributed by atoms with Crippen LogP contribution in [0.15, 0.2) is 18.2 Å². The highest BCUT2D eigenvalue weighted by Gasteiger charge is 2.24. The number of nitrogens with one attached hydrogen (secondary N) is 1. The Morgan fingerprint density at radius 1 is 1.48 bits per heavy atom. The van der Waals surface area contributed by atoms with Crippen LogP contribution in [0.2, 0.25) is 5.02 Å². The van der Waals surface area contributed by atoms with E-state index >= 15 is 0 Å². The summed E-state index contributed by atoms with van der Waals surface area (Å²) in [4.78, 5) is 14.0. The Kier molecular flexibility index (Phi) is 9.94. The van der Waals surface area contributed by atoms with Crippen LogP contribution in [0, 0.1) is 12.8 Å². The number of nitrogens with two attached hydrogens (primary N) is 1. The van der Waals surface area contributed by atoms with Crippen LogP contribution in [0.3, 0.4) is 0 Å². The molecule has 23 heavy (non-hydrogen) atoms. The minimum Gasteiger partial charge on any atom is -0.371 e. The van der Waals surface area contributed by atoms with Crippen molar-refractivity contribution in [3.63, 3.8) is 0 Å². The average Bonchev–Trinajstić information content (AvgIpc) is 2.87. The minimum atomic E-state index is -0.0841. The molecule has 0 radical (unpaired) electrons. The van der Waals surface area contributed by atoms with Crippen molar-refractivity contribution in [3.8, 4) is 0 Å². The molecule has 1 fully saturated rings. The SMILES string of the molecule is Cc1ccc(Cl)cc1N1CCC(CNC(=O)CC(C)N)C1.Cl.Cl. The summed E-state index contributed by atoms with van der Waals surface area (Å²) >= 11 is 6.09. The zero-order valence-corrected chi connectivity index (χ0v) is 15.9. The molecule has 0 spiro atoms. The van der Waals surface area contributed by atoms with Crippen LogP contribution in [0.25, 0.3) is 0 Å². The minimum absolute atomic E-state index is 0. The van der Waals surface area contributed by atoms with Gasteiger partial charge in [0.25, 0.3) is 0 Å². The summed E-state index contributed by atoms with van der Waals surface area (Å²) in [7, 11) is 0. The lowest BCUT2D eigenvalue weighted by atomic mass is 10.1. The van der Waals surface area contributed by atoms with Gasteiger partial charge in [0.05, 0.1) is 0 Å². The number of carbonyl (C=O) groups is 1. The molecule has 7 heteroatoms. The van der Waals surface area contributed by atoms with Gasteiger partial charge >= 0.3 is 0 Å². The third kappa shape index (κ3) is 6.76. The number of hydrogen-bond acceptors (Lipinski definition) is 3. The van der Waals surface area contributed by atoms with E-state index in [1.165, 1.54) is 11.3 Å². The van der Waals surface area contributed by atoms with E-state index in [1.807, 2.05) is 19.1 Å². The van der Waals surface area contributed by atoms with Crippen molar-refractivity contribution < 1.29 is 4.79 Å². The van der Waals surface area contributed by atoms with E-state index in [-0.39, 0.29) is 36.8 Å². The summed E-state index contributed by atoms with van der Waals surface area (Å²) in [6.45, 7) is 6.64. The smallest absolute Gasteiger partial charge is 0.221 e. The van der Waals surface area contributed by atoms with E-state index in [0.717, 1.165) is 31.1 Å². The number of carbonyl (C=O) groups excluding carboxylic acids is 1. The highest BCUT2D eigenvalue weighted by Crippen LogP contribution is 2.29. The van der Waals surface area contributed by atoms with Gasteiger partial charge in [0.15, 0.2) is 0 Å². The lowest BCUT2D eigenvalue weighted by Crippen LogP contribution is -2.34. The van der Waals surface area contributed by atoms with Crippen LogP contribution < -0.4 is 16.0 Å². The molecule has 1 aromatic carbocycles. The highest BCUT2D eigenvalue weighted by molar-refractivity contribution is 6.30. The summed E-state index contributed by atoms with van der Waals surface area (Å²) < 4.78 is 0. The fourth-order valence-electron chi connectivity index (χ4n) is 2.76. The Labute approximate surface area is 155 Å². The summed E-state index contributed by atoms with van der Waals surface area (Å²) in [6, 6.07) is 5.91. The van der Waals surface area contributed by atoms with Crippen LogP contribution in [-0.2, 0) is 4.79 Å². The number of benzene rings is 1. The van der Waals surface area contributed by atoms with Crippen LogP contribution in [0.5, 0.6) is 0 Å². The van der Waals surface area contributed by atoms with E-state index in [9.17, 15) is 4.79 Å². The van der Waals surface area contributed by atoms with Crippen molar-refractivity contribution in [2.24, 2.45) is 11.7 Å². The van der Waals surface area contributed by atoms with Gasteiger partial charge in [-0.3, -0.25) is 4.79 Å². The Bertz CT molecular complexity index is 511. The third-order valence-corrected chi connectivity index (χ3v) is 4.13. The first-order valence-corrected chi connectivity index (χ1v) is 7.87. The maximum Gasteiger partial charge on any atom is 0.221 e. The van der Waals surface area contributed by atoms with Gasteiger partial charge in [-0.25, -0.2) is 0 Å². The van der Waals surface area contributed by atoms with Gasteiger partial charge in [0.1, 0.15) is 0 Å². The summed E-state index contributed by atoms with van der Waals surface area (Å²) in [5, 5.41) is 3.75. The second-order valence-electron chi connectivity index (χ2n) is 6.02. The van der Waals surface area contributed by atoms with Crippen molar-refractivity contribution in [2.45, 2.75) is 32.7 Å². The molecule has 1 heterocycles. The van der Waals surface area contributed by atoms with Crippen molar-refractivity contribution in [1.29, 1.82) is 0 Å². The largest absolute Gasteiger partial charge is 0.371 e. The maximum atomic E-state index is 11.6. The van der Waals surface area contributed by atoms with Crippen molar-refractivity contribution in [3.05, 3.63) is 28.8 Å². The van der Waals surface area contributed by atoms with Gasteiger partial charge in [0, 0.05) is 42.8 Å². The Balaban J connectivity index is 0.00000242. The molecular weight excluding hydrogens is 357 g/mol. The van der Waals surface area contributed by atoms with Crippen LogP contribution in [0.1, 0.15) is 25.3 Å². The predicted octanol–water partition coefficient (Wildman–Crippen LogP) is 3.17. The topological polar surface area (TPSA) is 58.4 Å². The first-order valence-electron chi connectivity index (χ1n) is 7.49. The molecular formula is C16H26Cl3N3O. The molecule has 1 aromatic rings. The van der Waals surface area contributed by atoms with E-state index in [4.69, 9.17) is 17.3 Å². The highest BCUT2D eigenvalue weighted by atomic mass is 35.5. The second-order valence-corrected chi connectivity index (χ2v) is 6.45. The van der Waals surface area contributed by atoms with E-state index < -0.39 is 0 Å². The van der Waals surface area contributed by atoms with Gasteiger partial charge in [-0.05, 0) is 43.9 Å². The van der Waals surface area contributed by atoms with E-state index in [0.29, 0.717) is 12.3 Å². The van der Waals surface area contributed by atoms with Gasteiger partial charge in [0.2, 0.25) is 5.91 Å².